The Morgan fingerprint density at radius 1 is 1.16 bits per heavy atom. The molecule has 2 N–H and O–H groups in total. The van der Waals surface area contributed by atoms with E-state index in [1.165, 1.54) is 24.3 Å². The molecule has 0 bridgehead atoms. The van der Waals surface area contributed by atoms with Gasteiger partial charge in [-0.1, -0.05) is 22.9 Å². The number of rotatable bonds is 7. The van der Waals surface area contributed by atoms with E-state index in [1.807, 2.05) is 5.32 Å². The fraction of sp³-hybridized carbons (Fsp3) is 0.250. The summed E-state index contributed by atoms with van der Waals surface area (Å²) in [4.78, 5) is 29.1. The number of nitrogens with one attached hydrogen (secondary N) is 2. The van der Waals surface area contributed by atoms with Crippen molar-refractivity contribution >= 4 is 50.2 Å². The predicted octanol–water partition coefficient (Wildman–Crippen LogP) is 4.62. The van der Waals surface area contributed by atoms with Gasteiger partial charge in [0.2, 0.25) is 0 Å². The molecule has 1 atom stereocenters. The van der Waals surface area contributed by atoms with Crippen molar-refractivity contribution in [2.24, 2.45) is 0 Å². The highest BCUT2D eigenvalue weighted by Crippen LogP contribution is 2.36. The quantitative estimate of drug-likeness (QED) is 0.373. The summed E-state index contributed by atoms with van der Waals surface area (Å²) in [6.07, 6.45) is -5.28. The Labute approximate surface area is 189 Å². The molecule has 0 saturated carbocycles. The normalized spacial score (nSPS) is 13.3. The smallest absolute Gasteiger partial charge is 0.442 e. The van der Waals surface area contributed by atoms with Crippen molar-refractivity contribution in [3.63, 3.8) is 0 Å². The Morgan fingerprint density at radius 2 is 1.84 bits per heavy atom. The van der Waals surface area contributed by atoms with E-state index in [2.05, 4.69) is 9.72 Å². The third-order valence-electron chi connectivity index (χ3n) is 4.29. The first-order valence-corrected chi connectivity index (χ1v) is 10.3. The summed E-state index contributed by atoms with van der Waals surface area (Å²) < 4.78 is 52.9. The number of esters is 1. The van der Waals surface area contributed by atoms with E-state index in [9.17, 15) is 22.8 Å². The summed E-state index contributed by atoms with van der Waals surface area (Å²) in [6, 6.07) is 9.92. The van der Waals surface area contributed by atoms with Crippen LogP contribution in [0.3, 0.4) is 0 Å². The van der Waals surface area contributed by atoms with Gasteiger partial charge in [-0.25, -0.2) is 9.78 Å². The molecule has 0 radical (unpaired) electrons. The second-order valence-corrected chi connectivity index (χ2v) is 7.87. The third-order valence-corrected chi connectivity index (χ3v) is 5.48. The molecule has 3 aromatic rings. The van der Waals surface area contributed by atoms with Gasteiger partial charge in [0.1, 0.15) is 5.75 Å². The van der Waals surface area contributed by atoms with E-state index in [0.717, 1.165) is 18.4 Å². The van der Waals surface area contributed by atoms with Crippen molar-refractivity contribution in [2.75, 3.05) is 19.0 Å². The lowest BCUT2D eigenvalue weighted by Gasteiger charge is -2.34. The van der Waals surface area contributed by atoms with Gasteiger partial charge in [0.25, 0.3) is 5.91 Å². The maximum Gasteiger partial charge on any atom is 0.442 e. The summed E-state index contributed by atoms with van der Waals surface area (Å²) in [5.41, 5.74) is -3.35. The minimum absolute atomic E-state index is 0.139. The third kappa shape index (κ3) is 4.73. The van der Waals surface area contributed by atoms with E-state index in [1.54, 1.807) is 30.4 Å². The number of halogens is 4. The zero-order valence-corrected chi connectivity index (χ0v) is 18.3. The predicted molar refractivity (Wildman–Crippen MR) is 114 cm³/mol. The van der Waals surface area contributed by atoms with Gasteiger partial charge in [-0.3, -0.25) is 4.79 Å². The summed E-state index contributed by atoms with van der Waals surface area (Å²) in [6.45, 7) is 2.20. The zero-order chi connectivity index (χ0) is 23.5. The molecule has 2 aromatic carbocycles. The lowest BCUT2D eigenvalue weighted by Crippen LogP contribution is -2.69. The molecule has 1 amide bonds. The number of nitrogens with zero attached hydrogens (tertiary/aromatic N) is 1. The van der Waals surface area contributed by atoms with Crippen molar-refractivity contribution in [1.29, 1.82) is 0 Å². The molecule has 0 unspecified atom stereocenters. The molecule has 12 heteroatoms. The highest BCUT2D eigenvalue weighted by atomic mass is 35.5. The number of thiazole rings is 1. The number of carbonyl (C=O) groups is 2. The van der Waals surface area contributed by atoms with Crippen LogP contribution in [-0.2, 0) is 9.53 Å². The molecule has 1 heterocycles. The zero-order valence-electron chi connectivity index (χ0n) is 16.7. The van der Waals surface area contributed by atoms with Crippen LogP contribution in [0, 0.1) is 0 Å². The fourth-order valence-electron chi connectivity index (χ4n) is 2.76. The summed E-state index contributed by atoms with van der Waals surface area (Å²) in [5.74, 6) is -2.42. The standard InChI is InChI=1S/C20H17ClF3N3O4S/c1-3-31-13-8-9-14-15(10-13)32-18(25-14)27-19(17(29)30-2,20(22,23)24)26-16(28)11-4-6-12(21)7-5-11/h4-10H,3H2,1-2H3,(H,25,27)(H,26,28)/t19-/m1/s1. The Bertz CT molecular complexity index is 1140. The topological polar surface area (TPSA) is 89.5 Å². The summed E-state index contributed by atoms with van der Waals surface area (Å²) in [7, 11) is 0.783. The van der Waals surface area contributed by atoms with Crippen molar-refractivity contribution in [2.45, 2.75) is 18.8 Å². The Kier molecular flexibility index (Phi) is 6.79. The maximum absolute atomic E-state index is 14.2. The number of anilines is 1. The first-order chi connectivity index (χ1) is 15.1. The molecule has 0 aliphatic carbocycles. The van der Waals surface area contributed by atoms with Crippen molar-refractivity contribution < 1.29 is 32.2 Å². The number of methoxy groups -OCH3 is 1. The van der Waals surface area contributed by atoms with Crippen LogP contribution in [0.25, 0.3) is 10.2 Å². The molecule has 0 spiro atoms. The molecule has 32 heavy (non-hydrogen) atoms. The molecule has 7 nitrogen and oxygen atoms in total. The number of hydrogen-bond donors (Lipinski definition) is 2. The van der Waals surface area contributed by atoms with Crippen molar-refractivity contribution in [3.8, 4) is 5.75 Å². The first kappa shape index (κ1) is 23.6. The number of amides is 1. The number of alkyl halides is 3. The van der Waals surface area contributed by atoms with Crippen molar-refractivity contribution in [3.05, 3.63) is 53.1 Å². The molecular weight excluding hydrogens is 471 g/mol. The second-order valence-electron chi connectivity index (χ2n) is 6.41. The molecule has 0 saturated heterocycles. The van der Waals surface area contributed by atoms with Crippen LogP contribution in [0.15, 0.2) is 42.5 Å². The van der Waals surface area contributed by atoms with Crippen LogP contribution in [0.1, 0.15) is 17.3 Å². The Balaban J connectivity index is 2.02. The largest absolute Gasteiger partial charge is 0.494 e. The number of carbonyl (C=O) groups excluding carboxylic acids is 2. The van der Waals surface area contributed by atoms with Gasteiger partial charge in [0.15, 0.2) is 5.13 Å². The van der Waals surface area contributed by atoms with Crippen LogP contribution < -0.4 is 15.4 Å². The highest BCUT2D eigenvalue weighted by Gasteiger charge is 2.64. The lowest BCUT2D eigenvalue weighted by atomic mass is 10.1. The van der Waals surface area contributed by atoms with E-state index in [-0.39, 0.29) is 15.7 Å². The van der Waals surface area contributed by atoms with Crippen LogP contribution >= 0.6 is 22.9 Å². The monoisotopic (exact) mass is 487 g/mol. The molecule has 0 aliphatic heterocycles. The van der Waals surface area contributed by atoms with Gasteiger partial charge in [0.05, 0.1) is 23.9 Å². The van der Waals surface area contributed by atoms with E-state index < -0.39 is 23.7 Å². The lowest BCUT2D eigenvalue weighted by molar-refractivity contribution is -0.203. The molecule has 1 aromatic heterocycles. The van der Waals surface area contributed by atoms with Gasteiger partial charge in [-0.05, 0) is 49.4 Å². The SMILES string of the molecule is CCOc1ccc2nc(N[C@](NC(=O)c3ccc(Cl)cc3)(C(=O)OC)C(F)(F)F)sc2c1. The molecule has 3 rings (SSSR count). The van der Waals surface area contributed by atoms with E-state index in [0.29, 0.717) is 22.6 Å². The fourth-order valence-corrected chi connectivity index (χ4v) is 3.84. The average molecular weight is 488 g/mol. The van der Waals surface area contributed by atoms with E-state index in [4.69, 9.17) is 16.3 Å². The summed E-state index contributed by atoms with van der Waals surface area (Å²) in [5, 5.41) is 3.81. The average Bonchev–Trinajstić information content (AvgIpc) is 3.14. The van der Waals surface area contributed by atoms with Gasteiger partial charge >= 0.3 is 17.8 Å². The minimum Gasteiger partial charge on any atom is -0.494 e. The first-order valence-electron chi connectivity index (χ1n) is 9.14. The number of fused-ring (bicyclic) bond motifs is 1. The van der Waals surface area contributed by atoms with Crippen molar-refractivity contribution in [1.82, 2.24) is 10.3 Å². The van der Waals surface area contributed by atoms with Gasteiger partial charge in [-0.15, -0.1) is 0 Å². The minimum atomic E-state index is -5.28. The molecule has 170 valence electrons. The van der Waals surface area contributed by atoms with Gasteiger partial charge in [0, 0.05) is 10.6 Å². The number of ether oxygens (including phenoxy) is 2. The van der Waals surface area contributed by atoms with Crippen LogP contribution in [0.2, 0.25) is 5.02 Å². The highest BCUT2D eigenvalue weighted by molar-refractivity contribution is 7.22. The maximum atomic E-state index is 14.2. The summed E-state index contributed by atoms with van der Waals surface area (Å²) >= 11 is 6.61. The van der Waals surface area contributed by atoms with Crippen LogP contribution in [-0.4, -0.2) is 42.4 Å². The van der Waals surface area contributed by atoms with Crippen LogP contribution in [0.4, 0.5) is 18.3 Å². The second kappa shape index (κ2) is 9.21. The number of hydrogen-bond acceptors (Lipinski definition) is 7. The molecule has 0 fully saturated rings. The van der Waals surface area contributed by atoms with Crippen LogP contribution in [0.5, 0.6) is 5.75 Å². The Morgan fingerprint density at radius 3 is 2.44 bits per heavy atom. The molecular formula is C20H17ClF3N3O4S. The van der Waals surface area contributed by atoms with E-state index >= 15 is 0 Å². The number of aromatic nitrogens is 1. The molecule has 0 aliphatic rings. The Hall–Kier alpha value is -3.05. The van der Waals surface area contributed by atoms with Gasteiger partial charge < -0.3 is 20.1 Å². The van der Waals surface area contributed by atoms with Gasteiger partial charge in [-0.2, -0.15) is 13.2 Å². The number of benzene rings is 2.